The highest BCUT2D eigenvalue weighted by atomic mass is 19.1. The van der Waals surface area contributed by atoms with E-state index >= 15 is 0 Å². The summed E-state index contributed by atoms with van der Waals surface area (Å²) in [5.41, 5.74) is 1.85. The predicted molar refractivity (Wildman–Crippen MR) is 62.7 cm³/mol. The Kier molecular flexibility index (Phi) is 2.21. The Hall–Kier alpha value is -1.35. The zero-order valence-electron chi connectivity index (χ0n) is 9.33. The molecule has 1 N–H and O–H groups in total. The van der Waals surface area contributed by atoms with Crippen LogP contribution < -0.4 is 5.32 Å². The molecule has 84 valence electrons. The van der Waals surface area contributed by atoms with Gasteiger partial charge in [-0.1, -0.05) is 12.1 Å². The Morgan fingerprint density at radius 2 is 2.25 bits per heavy atom. The molecule has 2 aromatic rings. The van der Waals surface area contributed by atoms with E-state index in [0.717, 1.165) is 17.6 Å². The van der Waals surface area contributed by atoms with Crippen molar-refractivity contribution >= 4 is 10.9 Å². The van der Waals surface area contributed by atoms with Crippen LogP contribution in [0.2, 0.25) is 0 Å². The Morgan fingerprint density at radius 3 is 2.94 bits per heavy atom. The van der Waals surface area contributed by atoms with Crippen LogP contribution in [0.5, 0.6) is 0 Å². The number of nitrogens with zero attached hydrogens (tertiary/aromatic N) is 1. The van der Waals surface area contributed by atoms with E-state index in [9.17, 15) is 4.39 Å². The summed E-state index contributed by atoms with van der Waals surface area (Å²) >= 11 is 0. The van der Waals surface area contributed by atoms with E-state index in [0.29, 0.717) is 11.6 Å². The van der Waals surface area contributed by atoms with Gasteiger partial charge >= 0.3 is 0 Å². The van der Waals surface area contributed by atoms with Crippen LogP contribution in [0.3, 0.4) is 0 Å². The first-order valence-corrected chi connectivity index (χ1v) is 5.72. The van der Waals surface area contributed by atoms with Crippen molar-refractivity contribution in [2.75, 3.05) is 0 Å². The van der Waals surface area contributed by atoms with E-state index in [2.05, 4.69) is 11.4 Å². The van der Waals surface area contributed by atoms with Crippen molar-refractivity contribution in [1.29, 1.82) is 0 Å². The minimum absolute atomic E-state index is 0.141. The Labute approximate surface area is 94.1 Å². The van der Waals surface area contributed by atoms with Crippen LogP contribution in [0, 0.1) is 5.82 Å². The van der Waals surface area contributed by atoms with Gasteiger partial charge in [-0.15, -0.1) is 0 Å². The average Bonchev–Trinajstić information content (AvgIpc) is 3.02. The van der Waals surface area contributed by atoms with Crippen LogP contribution in [0.1, 0.15) is 18.5 Å². The van der Waals surface area contributed by atoms with Gasteiger partial charge in [-0.2, -0.15) is 0 Å². The number of aromatic nitrogens is 1. The Balaban J connectivity index is 1.98. The van der Waals surface area contributed by atoms with Crippen molar-refractivity contribution < 1.29 is 4.39 Å². The molecular weight excluding hydrogens is 203 g/mol. The molecule has 1 saturated carbocycles. The molecule has 1 aromatic carbocycles. The highest BCUT2D eigenvalue weighted by Crippen LogP contribution is 2.23. The third-order valence-electron chi connectivity index (χ3n) is 3.26. The largest absolute Gasteiger partial charge is 0.344 e. The minimum Gasteiger partial charge on any atom is -0.344 e. The lowest BCUT2D eigenvalue weighted by molar-refractivity contribution is 0.622. The molecule has 0 amide bonds. The number of fused-ring (bicyclic) bond motifs is 1. The second kappa shape index (κ2) is 3.59. The highest BCUT2D eigenvalue weighted by Gasteiger charge is 2.20. The maximum atomic E-state index is 13.6. The summed E-state index contributed by atoms with van der Waals surface area (Å²) in [4.78, 5) is 0. The number of para-hydroxylation sites is 1. The highest BCUT2D eigenvalue weighted by molar-refractivity contribution is 5.81. The SMILES string of the molecule is Cn1c(CNC2CC2)cc2cccc(F)c21. The number of halogens is 1. The first-order chi connectivity index (χ1) is 7.75. The Morgan fingerprint density at radius 1 is 1.44 bits per heavy atom. The van der Waals surface area contributed by atoms with Gasteiger partial charge in [0.1, 0.15) is 5.82 Å². The summed E-state index contributed by atoms with van der Waals surface area (Å²) in [6, 6.07) is 7.98. The summed E-state index contributed by atoms with van der Waals surface area (Å²) in [6.07, 6.45) is 2.55. The third kappa shape index (κ3) is 1.61. The van der Waals surface area contributed by atoms with Crippen molar-refractivity contribution in [3.8, 4) is 0 Å². The number of hydrogen-bond acceptors (Lipinski definition) is 1. The standard InChI is InChI=1S/C13H15FN2/c1-16-11(8-15-10-5-6-10)7-9-3-2-4-12(14)13(9)16/h2-4,7,10,15H,5-6,8H2,1H3. The fraction of sp³-hybridized carbons (Fsp3) is 0.385. The van der Waals surface area contributed by atoms with Crippen LogP contribution in [-0.4, -0.2) is 10.6 Å². The fourth-order valence-corrected chi connectivity index (χ4v) is 2.13. The third-order valence-corrected chi connectivity index (χ3v) is 3.26. The van der Waals surface area contributed by atoms with E-state index in [4.69, 9.17) is 0 Å². The lowest BCUT2D eigenvalue weighted by Gasteiger charge is -2.05. The molecule has 0 atom stereocenters. The molecule has 1 fully saturated rings. The van der Waals surface area contributed by atoms with Gasteiger partial charge in [0.15, 0.2) is 0 Å². The minimum atomic E-state index is -0.141. The summed E-state index contributed by atoms with van der Waals surface area (Å²) in [7, 11) is 1.93. The molecular formula is C13H15FN2. The summed E-state index contributed by atoms with van der Waals surface area (Å²) in [5, 5.41) is 4.43. The van der Waals surface area contributed by atoms with E-state index < -0.39 is 0 Å². The van der Waals surface area contributed by atoms with E-state index in [1.54, 1.807) is 6.07 Å². The molecule has 0 unspecified atom stereocenters. The average molecular weight is 218 g/mol. The molecule has 1 aromatic heterocycles. The number of aryl methyl sites for hydroxylation is 1. The lowest BCUT2D eigenvalue weighted by atomic mass is 10.2. The molecule has 16 heavy (non-hydrogen) atoms. The number of benzene rings is 1. The van der Waals surface area contributed by atoms with E-state index in [1.807, 2.05) is 17.7 Å². The molecule has 0 saturated heterocycles. The van der Waals surface area contributed by atoms with Crippen LogP contribution in [-0.2, 0) is 13.6 Å². The predicted octanol–water partition coefficient (Wildman–Crippen LogP) is 2.57. The van der Waals surface area contributed by atoms with Gasteiger partial charge in [0, 0.05) is 30.7 Å². The van der Waals surface area contributed by atoms with Crippen molar-refractivity contribution in [1.82, 2.24) is 9.88 Å². The topological polar surface area (TPSA) is 17.0 Å². The Bertz CT molecular complexity index is 526. The lowest BCUT2D eigenvalue weighted by Crippen LogP contribution is -2.17. The summed E-state index contributed by atoms with van der Waals surface area (Å²) in [5.74, 6) is -0.141. The summed E-state index contributed by atoms with van der Waals surface area (Å²) < 4.78 is 15.6. The van der Waals surface area contributed by atoms with Crippen molar-refractivity contribution in [3.63, 3.8) is 0 Å². The fourth-order valence-electron chi connectivity index (χ4n) is 2.13. The first kappa shape index (κ1) is 9.85. The molecule has 3 heteroatoms. The van der Waals surface area contributed by atoms with Gasteiger partial charge in [-0.25, -0.2) is 4.39 Å². The van der Waals surface area contributed by atoms with Crippen LogP contribution in [0.4, 0.5) is 4.39 Å². The first-order valence-electron chi connectivity index (χ1n) is 5.72. The molecule has 0 bridgehead atoms. The molecule has 0 spiro atoms. The zero-order valence-corrected chi connectivity index (χ0v) is 9.33. The molecule has 3 rings (SSSR count). The van der Waals surface area contributed by atoms with Gasteiger partial charge in [0.2, 0.25) is 0 Å². The van der Waals surface area contributed by atoms with E-state index in [1.165, 1.54) is 18.9 Å². The van der Waals surface area contributed by atoms with Crippen LogP contribution in [0.15, 0.2) is 24.3 Å². The number of rotatable bonds is 3. The molecule has 1 aliphatic rings. The van der Waals surface area contributed by atoms with Crippen molar-refractivity contribution in [2.24, 2.45) is 7.05 Å². The maximum Gasteiger partial charge on any atom is 0.147 e. The molecule has 0 radical (unpaired) electrons. The monoisotopic (exact) mass is 218 g/mol. The normalized spacial score (nSPS) is 15.9. The second-order valence-corrected chi connectivity index (χ2v) is 4.53. The molecule has 0 aliphatic heterocycles. The van der Waals surface area contributed by atoms with Gasteiger partial charge in [0.05, 0.1) is 5.52 Å². The molecule has 2 nitrogen and oxygen atoms in total. The van der Waals surface area contributed by atoms with Crippen molar-refractivity contribution in [3.05, 3.63) is 35.8 Å². The van der Waals surface area contributed by atoms with Gasteiger partial charge in [0.25, 0.3) is 0 Å². The van der Waals surface area contributed by atoms with Crippen molar-refractivity contribution in [2.45, 2.75) is 25.4 Å². The quantitative estimate of drug-likeness (QED) is 0.837. The molecule has 1 aliphatic carbocycles. The maximum absolute atomic E-state index is 13.6. The number of nitrogens with one attached hydrogen (secondary N) is 1. The van der Waals surface area contributed by atoms with Gasteiger partial charge < -0.3 is 9.88 Å². The summed E-state index contributed by atoms with van der Waals surface area (Å²) in [6.45, 7) is 0.829. The van der Waals surface area contributed by atoms with Gasteiger partial charge in [-0.05, 0) is 25.0 Å². The molecule has 1 heterocycles. The zero-order chi connectivity index (χ0) is 11.1. The smallest absolute Gasteiger partial charge is 0.147 e. The van der Waals surface area contributed by atoms with Crippen LogP contribution in [0.25, 0.3) is 10.9 Å². The van der Waals surface area contributed by atoms with Gasteiger partial charge in [-0.3, -0.25) is 0 Å². The number of hydrogen-bond donors (Lipinski definition) is 1. The van der Waals surface area contributed by atoms with E-state index in [-0.39, 0.29) is 5.82 Å². The van der Waals surface area contributed by atoms with Crippen LogP contribution >= 0.6 is 0 Å². The second-order valence-electron chi connectivity index (χ2n) is 4.53.